The van der Waals surface area contributed by atoms with Crippen LogP contribution in [0.25, 0.3) is 21.9 Å². The number of aromatic nitrogens is 3. The fourth-order valence-corrected chi connectivity index (χ4v) is 3.33. The van der Waals surface area contributed by atoms with Crippen LogP contribution in [-0.2, 0) is 5.92 Å². The van der Waals surface area contributed by atoms with E-state index in [1.165, 1.54) is 12.4 Å². The molecule has 5 nitrogen and oxygen atoms in total. The van der Waals surface area contributed by atoms with Gasteiger partial charge in [0.2, 0.25) is 0 Å². The highest BCUT2D eigenvalue weighted by molar-refractivity contribution is 6.06. The lowest BCUT2D eigenvalue weighted by molar-refractivity contribution is -0.289. The van der Waals surface area contributed by atoms with E-state index in [2.05, 4.69) is 19.9 Å². The average molecular weight is 415 g/mol. The molecule has 0 spiro atoms. The molecule has 154 valence electrons. The summed E-state index contributed by atoms with van der Waals surface area (Å²) in [5.74, 6) is -6.17. The van der Waals surface area contributed by atoms with Gasteiger partial charge in [0, 0.05) is 49.5 Å². The van der Waals surface area contributed by atoms with Gasteiger partial charge >= 0.3 is 12.1 Å². The summed E-state index contributed by atoms with van der Waals surface area (Å²) >= 11 is 0. The molecule has 0 saturated carbocycles. The molecule has 29 heavy (non-hydrogen) atoms. The summed E-state index contributed by atoms with van der Waals surface area (Å²) < 4.78 is 80.6. The Morgan fingerprint density at radius 3 is 2.10 bits per heavy atom. The van der Waals surface area contributed by atoms with Crippen LogP contribution in [0.4, 0.5) is 32.2 Å². The monoisotopic (exact) mass is 415 g/mol. The van der Waals surface area contributed by atoms with E-state index in [1.54, 1.807) is 0 Å². The van der Waals surface area contributed by atoms with Gasteiger partial charge in [-0.25, -0.2) is 14.4 Å². The normalized spacial score (nSPS) is 16.7. The van der Waals surface area contributed by atoms with Crippen molar-refractivity contribution in [2.24, 2.45) is 0 Å². The van der Waals surface area contributed by atoms with Crippen molar-refractivity contribution in [1.29, 1.82) is 0 Å². The Kier molecular flexibility index (Phi) is 4.52. The van der Waals surface area contributed by atoms with E-state index in [0.717, 1.165) is 13.1 Å². The van der Waals surface area contributed by atoms with Crippen LogP contribution in [0.2, 0.25) is 0 Å². The fourth-order valence-electron chi connectivity index (χ4n) is 3.33. The third-order valence-electron chi connectivity index (χ3n) is 4.97. The van der Waals surface area contributed by atoms with E-state index in [0.29, 0.717) is 25.0 Å². The first kappa shape index (κ1) is 19.6. The second kappa shape index (κ2) is 6.68. The van der Waals surface area contributed by atoms with Crippen LogP contribution in [0.1, 0.15) is 5.56 Å². The number of alkyl halides is 5. The van der Waals surface area contributed by atoms with Crippen molar-refractivity contribution >= 4 is 27.8 Å². The molecule has 0 bridgehead atoms. The van der Waals surface area contributed by atoms with Gasteiger partial charge in [-0.05, 0) is 19.2 Å². The van der Waals surface area contributed by atoms with Crippen LogP contribution in [0.5, 0.6) is 0 Å². The van der Waals surface area contributed by atoms with E-state index < -0.39 is 23.5 Å². The quantitative estimate of drug-likeness (QED) is 0.472. The van der Waals surface area contributed by atoms with Crippen LogP contribution in [-0.4, -0.2) is 59.3 Å². The Bertz CT molecular complexity index is 1080. The number of hydrogen-bond donors (Lipinski definition) is 0. The molecule has 2 aromatic heterocycles. The van der Waals surface area contributed by atoms with Gasteiger partial charge in [0.05, 0.1) is 0 Å². The van der Waals surface area contributed by atoms with Crippen LogP contribution in [0, 0.1) is 5.82 Å². The second-order valence-electron chi connectivity index (χ2n) is 6.91. The van der Waals surface area contributed by atoms with Crippen molar-refractivity contribution in [2.45, 2.75) is 12.1 Å². The maximum absolute atomic E-state index is 14.7. The molecule has 4 rings (SSSR count). The van der Waals surface area contributed by atoms with Crippen LogP contribution in [0.15, 0.2) is 24.5 Å². The van der Waals surface area contributed by atoms with Crippen molar-refractivity contribution in [3.63, 3.8) is 0 Å². The molecule has 3 aromatic rings. The van der Waals surface area contributed by atoms with Crippen LogP contribution < -0.4 is 4.90 Å². The SMILES string of the molecule is CN1CCN(c2nc3c(F)cc(C(F)(F)C(F)(F)F)cc3c3nccnc23)CC1. The average Bonchev–Trinajstić information content (AvgIpc) is 2.67. The zero-order valence-corrected chi connectivity index (χ0v) is 15.1. The van der Waals surface area contributed by atoms with Crippen molar-refractivity contribution in [2.75, 3.05) is 38.1 Å². The number of halogens is 6. The number of nitrogens with zero attached hydrogens (tertiary/aromatic N) is 5. The van der Waals surface area contributed by atoms with Crippen LogP contribution in [0.3, 0.4) is 0 Å². The highest BCUT2D eigenvalue weighted by atomic mass is 19.4. The van der Waals surface area contributed by atoms with Crippen LogP contribution >= 0.6 is 0 Å². The maximum Gasteiger partial charge on any atom is 0.458 e. The molecule has 0 atom stereocenters. The molecule has 0 unspecified atom stereocenters. The van der Waals surface area contributed by atoms with E-state index in [1.807, 2.05) is 11.9 Å². The summed E-state index contributed by atoms with van der Waals surface area (Å²) in [7, 11) is 1.95. The molecule has 11 heteroatoms. The number of rotatable bonds is 2. The molecule has 1 saturated heterocycles. The Hall–Kier alpha value is -2.69. The first-order valence-corrected chi connectivity index (χ1v) is 8.72. The van der Waals surface area contributed by atoms with Gasteiger partial charge in [0.1, 0.15) is 22.4 Å². The van der Waals surface area contributed by atoms with Gasteiger partial charge in [-0.1, -0.05) is 0 Å². The number of fused-ring (bicyclic) bond motifs is 3. The summed E-state index contributed by atoms with van der Waals surface area (Å²) in [5.41, 5.74) is -1.59. The smallest absolute Gasteiger partial charge is 0.352 e. The first-order chi connectivity index (χ1) is 13.6. The van der Waals surface area contributed by atoms with E-state index in [9.17, 15) is 26.3 Å². The molecular weight excluding hydrogens is 400 g/mol. The van der Waals surface area contributed by atoms with E-state index in [-0.39, 0.29) is 28.0 Å². The van der Waals surface area contributed by atoms with Gasteiger partial charge < -0.3 is 9.80 Å². The lowest BCUT2D eigenvalue weighted by Crippen LogP contribution is -2.45. The number of pyridine rings is 1. The minimum Gasteiger partial charge on any atom is -0.352 e. The number of benzene rings is 1. The van der Waals surface area contributed by atoms with E-state index >= 15 is 0 Å². The van der Waals surface area contributed by atoms with Gasteiger partial charge in [-0.2, -0.15) is 22.0 Å². The largest absolute Gasteiger partial charge is 0.458 e. The van der Waals surface area contributed by atoms with Crippen molar-refractivity contribution in [3.8, 4) is 0 Å². The molecule has 1 aliphatic rings. The summed E-state index contributed by atoms with van der Waals surface area (Å²) in [4.78, 5) is 16.5. The van der Waals surface area contributed by atoms with E-state index in [4.69, 9.17) is 0 Å². The summed E-state index contributed by atoms with van der Waals surface area (Å²) in [6.45, 7) is 2.60. The van der Waals surface area contributed by atoms with Gasteiger partial charge in [-0.3, -0.25) is 4.98 Å². The molecule has 0 amide bonds. The predicted molar refractivity (Wildman–Crippen MR) is 94.5 cm³/mol. The van der Waals surface area contributed by atoms with Crippen molar-refractivity contribution in [1.82, 2.24) is 19.9 Å². The second-order valence-corrected chi connectivity index (χ2v) is 6.91. The zero-order valence-electron chi connectivity index (χ0n) is 15.1. The molecule has 1 aromatic carbocycles. The Morgan fingerprint density at radius 2 is 1.48 bits per heavy atom. The maximum atomic E-state index is 14.7. The number of anilines is 1. The third kappa shape index (κ3) is 3.22. The standard InChI is InChI=1S/C18H15F6N5/c1-28-4-6-29(7-5-28)16-15-14(25-2-3-26-15)11-8-10(9-12(19)13(11)27-16)17(20,21)18(22,23)24/h2-3,8-9H,4-7H2,1H3. The Balaban J connectivity index is 1.96. The predicted octanol–water partition coefficient (Wildman–Crippen LogP) is 3.72. The minimum atomic E-state index is -5.86. The summed E-state index contributed by atoms with van der Waals surface area (Å²) in [5, 5.41) is -0.245. The number of likely N-dealkylation sites (N-methyl/N-ethyl adjacent to an activating group) is 1. The highest BCUT2D eigenvalue weighted by Crippen LogP contribution is 2.45. The third-order valence-corrected chi connectivity index (χ3v) is 4.97. The molecule has 3 heterocycles. The number of piperazine rings is 1. The fraction of sp³-hybridized carbons (Fsp3) is 0.389. The Labute approximate surface area is 161 Å². The van der Waals surface area contributed by atoms with Crippen molar-refractivity contribution < 1.29 is 26.3 Å². The highest BCUT2D eigenvalue weighted by Gasteiger charge is 2.59. The van der Waals surface area contributed by atoms with Crippen molar-refractivity contribution in [3.05, 3.63) is 35.9 Å². The minimum absolute atomic E-state index is 0.0187. The molecular formula is C18H15F6N5. The molecule has 0 N–H and O–H groups in total. The topological polar surface area (TPSA) is 45.2 Å². The summed E-state index contributed by atoms with van der Waals surface area (Å²) in [6, 6.07) is 0.766. The Morgan fingerprint density at radius 1 is 0.862 bits per heavy atom. The van der Waals surface area contributed by atoms with Gasteiger partial charge in [0.15, 0.2) is 5.82 Å². The lowest BCUT2D eigenvalue weighted by atomic mass is 10.0. The van der Waals surface area contributed by atoms with Gasteiger partial charge in [0.25, 0.3) is 0 Å². The molecule has 0 radical (unpaired) electrons. The first-order valence-electron chi connectivity index (χ1n) is 8.72. The summed E-state index contributed by atoms with van der Waals surface area (Å²) in [6.07, 6.45) is -3.23. The lowest BCUT2D eigenvalue weighted by Gasteiger charge is -2.33. The molecule has 1 aliphatic heterocycles. The molecule has 1 fully saturated rings. The zero-order chi connectivity index (χ0) is 21.0. The number of hydrogen-bond acceptors (Lipinski definition) is 5. The molecule has 0 aliphatic carbocycles. The van der Waals surface area contributed by atoms with Gasteiger partial charge in [-0.15, -0.1) is 0 Å².